The highest BCUT2D eigenvalue weighted by molar-refractivity contribution is 6.54. The second-order valence-electron chi connectivity index (χ2n) is 6.63. The van der Waals surface area contributed by atoms with Gasteiger partial charge in [-0.2, -0.15) is 0 Å². The Hall–Kier alpha value is -3.10. The first kappa shape index (κ1) is 16.1. The van der Waals surface area contributed by atoms with E-state index in [1.54, 1.807) is 6.07 Å². The van der Waals surface area contributed by atoms with Crippen LogP contribution in [0, 0.1) is 0 Å². The van der Waals surface area contributed by atoms with E-state index in [0.717, 1.165) is 38.2 Å². The zero-order valence-corrected chi connectivity index (χ0v) is 15.1. The van der Waals surface area contributed by atoms with E-state index in [1.165, 1.54) is 6.07 Å². The van der Waals surface area contributed by atoms with Gasteiger partial charge in [-0.1, -0.05) is 84.4 Å². The molecule has 130 valence electrons. The summed E-state index contributed by atoms with van der Waals surface area (Å²) in [5.74, 6) is -0.0923. The SMILES string of the molecule is O=c1ccc2cccc(C3C(c4ccccc4)=C(Cl)c4ccccc43)c2o1. The van der Waals surface area contributed by atoms with Crippen LogP contribution < -0.4 is 5.63 Å². The van der Waals surface area contributed by atoms with Crippen LogP contribution in [0.5, 0.6) is 0 Å². The molecule has 3 aromatic carbocycles. The number of rotatable bonds is 2. The Morgan fingerprint density at radius 1 is 0.741 bits per heavy atom. The van der Waals surface area contributed by atoms with Gasteiger partial charge in [0.25, 0.3) is 0 Å². The van der Waals surface area contributed by atoms with Crippen molar-refractivity contribution in [3.8, 4) is 0 Å². The van der Waals surface area contributed by atoms with Gasteiger partial charge in [0.05, 0.1) is 5.03 Å². The second kappa shape index (κ2) is 6.26. The van der Waals surface area contributed by atoms with Crippen LogP contribution in [0.2, 0.25) is 0 Å². The van der Waals surface area contributed by atoms with Gasteiger partial charge in [-0.25, -0.2) is 4.79 Å². The van der Waals surface area contributed by atoms with Gasteiger partial charge < -0.3 is 4.42 Å². The van der Waals surface area contributed by atoms with Gasteiger partial charge in [-0.15, -0.1) is 0 Å². The third kappa shape index (κ3) is 2.53. The molecular formula is C24H15ClO2. The zero-order valence-electron chi connectivity index (χ0n) is 14.4. The Labute approximate surface area is 161 Å². The van der Waals surface area contributed by atoms with Crippen LogP contribution in [0.25, 0.3) is 21.6 Å². The summed E-state index contributed by atoms with van der Waals surface area (Å²) >= 11 is 6.86. The molecule has 1 aliphatic carbocycles. The summed E-state index contributed by atoms with van der Waals surface area (Å²) in [6, 6.07) is 27.5. The van der Waals surface area contributed by atoms with Crippen LogP contribution in [0.1, 0.15) is 28.2 Å². The Balaban J connectivity index is 1.85. The first-order valence-corrected chi connectivity index (χ1v) is 9.19. The monoisotopic (exact) mass is 370 g/mol. The topological polar surface area (TPSA) is 30.2 Å². The van der Waals surface area contributed by atoms with Crippen molar-refractivity contribution in [3.63, 3.8) is 0 Å². The molecule has 0 bridgehead atoms. The number of hydrogen-bond donors (Lipinski definition) is 0. The lowest BCUT2D eigenvalue weighted by molar-refractivity contribution is 0.557. The van der Waals surface area contributed by atoms with E-state index in [-0.39, 0.29) is 11.5 Å². The molecule has 1 atom stereocenters. The van der Waals surface area contributed by atoms with E-state index in [1.807, 2.05) is 54.6 Å². The molecule has 0 aliphatic heterocycles. The molecule has 1 aliphatic rings. The zero-order chi connectivity index (χ0) is 18.4. The van der Waals surface area contributed by atoms with Gasteiger partial charge in [0.1, 0.15) is 5.58 Å². The Kier molecular flexibility index (Phi) is 3.73. The molecule has 0 saturated heterocycles. The van der Waals surface area contributed by atoms with Crippen LogP contribution in [-0.2, 0) is 0 Å². The van der Waals surface area contributed by atoms with E-state index >= 15 is 0 Å². The molecule has 0 saturated carbocycles. The van der Waals surface area contributed by atoms with Crippen molar-refractivity contribution < 1.29 is 4.42 Å². The smallest absolute Gasteiger partial charge is 0.336 e. The Morgan fingerprint density at radius 3 is 2.33 bits per heavy atom. The Morgan fingerprint density at radius 2 is 1.48 bits per heavy atom. The number of halogens is 1. The van der Waals surface area contributed by atoms with E-state index < -0.39 is 0 Å². The summed E-state index contributed by atoms with van der Waals surface area (Å²) in [6.45, 7) is 0. The number of fused-ring (bicyclic) bond motifs is 2. The molecule has 0 spiro atoms. The lowest BCUT2D eigenvalue weighted by Gasteiger charge is -2.19. The van der Waals surface area contributed by atoms with E-state index in [4.69, 9.17) is 16.0 Å². The van der Waals surface area contributed by atoms with Crippen molar-refractivity contribution in [2.75, 3.05) is 0 Å². The minimum atomic E-state index is -0.349. The fraction of sp³-hybridized carbons (Fsp3) is 0.0417. The molecule has 0 amide bonds. The second-order valence-corrected chi connectivity index (χ2v) is 7.01. The fourth-order valence-corrected chi connectivity index (χ4v) is 4.34. The molecule has 5 rings (SSSR count). The van der Waals surface area contributed by atoms with E-state index in [2.05, 4.69) is 18.2 Å². The number of para-hydroxylation sites is 1. The fourth-order valence-electron chi connectivity index (χ4n) is 3.95. The summed E-state index contributed by atoms with van der Waals surface area (Å²) < 4.78 is 5.62. The van der Waals surface area contributed by atoms with Crippen molar-refractivity contribution in [2.24, 2.45) is 0 Å². The van der Waals surface area contributed by atoms with Crippen molar-refractivity contribution in [3.05, 3.63) is 118 Å². The molecule has 0 N–H and O–H groups in total. The van der Waals surface area contributed by atoms with Gasteiger partial charge in [0, 0.05) is 22.9 Å². The largest absolute Gasteiger partial charge is 0.422 e. The number of benzene rings is 3. The maximum atomic E-state index is 11.9. The Bertz CT molecular complexity index is 1250. The molecule has 0 fully saturated rings. The molecule has 2 nitrogen and oxygen atoms in total. The van der Waals surface area contributed by atoms with Crippen molar-refractivity contribution >= 4 is 33.2 Å². The average molecular weight is 371 g/mol. The van der Waals surface area contributed by atoms with Gasteiger partial charge in [-0.3, -0.25) is 0 Å². The molecule has 1 unspecified atom stereocenters. The van der Waals surface area contributed by atoms with Crippen molar-refractivity contribution in [1.29, 1.82) is 0 Å². The summed E-state index contributed by atoms with van der Waals surface area (Å²) in [6.07, 6.45) is 0. The quantitative estimate of drug-likeness (QED) is 0.402. The van der Waals surface area contributed by atoms with Crippen LogP contribution in [0.4, 0.5) is 0 Å². The highest BCUT2D eigenvalue weighted by Gasteiger charge is 2.33. The first-order valence-electron chi connectivity index (χ1n) is 8.81. The van der Waals surface area contributed by atoms with Gasteiger partial charge >= 0.3 is 5.63 Å². The molecule has 27 heavy (non-hydrogen) atoms. The standard InChI is InChI=1S/C24H15ClO2/c25-23-18-11-5-4-10-17(18)22(21(23)15-7-2-1-3-8-15)19-12-6-9-16-13-14-20(26)27-24(16)19/h1-14,22H. The van der Waals surface area contributed by atoms with Gasteiger partial charge in [0.15, 0.2) is 0 Å². The average Bonchev–Trinajstić information content (AvgIpc) is 3.01. The minimum absolute atomic E-state index is 0.0923. The number of allylic oxidation sites excluding steroid dienone is 1. The molecule has 3 heteroatoms. The predicted octanol–water partition coefficient (Wildman–Crippen LogP) is 6.05. The molecule has 1 heterocycles. The van der Waals surface area contributed by atoms with Crippen LogP contribution in [0.15, 0.2) is 94.1 Å². The third-order valence-electron chi connectivity index (χ3n) is 5.11. The van der Waals surface area contributed by atoms with Crippen LogP contribution in [-0.4, -0.2) is 0 Å². The number of hydrogen-bond acceptors (Lipinski definition) is 2. The van der Waals surface area contributed by atoms with Crippen LogP contribution >= 0.6 is 11.6 Å². The maximum Gasteiger partial charge on any atom is 0.336 e. The molecule has 4 aromatic rings. The lowest BCUT2D eigenvalue weighted by atomic mass is 9.84. The summed E-state index contributed by atoms with van der Waals surface area (Å²) in [7, 11) is 0. The van der Waals surface area contributed by atoms with E-state index in [9.17, 15) is 4.79 Å². The normalized spacial score (nSPS) is 16.0. The van der Waals surface area contributed by atoms with Crippen molar-refractivity contribution in [2.45, 2.75) is 5.92 Å². The van der Waals surface area contributed by atoms with Crippen LogP contribution in [0.3, 0.4) is 0 Å². The summed E-state index contributed by atoms with van der Waals surface area (Å²) in [4.78, 5) is 11.9. The van der Waals surface area contributed by atoms with E-state index in [0.29, 0.717) is 5.58 Å². The molecule has 0 radical (unpaired) electrons. The molecule has 1 aromatic heterocycles. The predicted molar refractivity (Wildman–Crippen MR) is 110 cm³/mol. The summed E-state index contributed by atoms with van der Waals surface area (Å²) in [5, 5.41) is 1.65. The highest BCUT2D eigenvalue weighted by atomic mass is 35.5. The summed E-state index contributed by atoms with van der Waals surface area (Å²) in [5.41, 5.74) is 5.48. The first-order chi connectivity index (χ1) is 13.2. The maximum absolute atomic E-state index is 11.9. The molecular weight excluding hydrogens is 356 g/mol. The van der Waals surface area contributed by atoms with Gasteiger partial charge in [0.2, 0.25) is 0 Å². The lowest BCUT2D eigenvalue weighted by Crippen LogP contribution is -2.04. The third-order valence-corrected chi connectivity index (χ3v) is 5.51. The minimum Gasteiger partial charge on any atom is -0.422 e. The van der Waals surface area contributed by atoms with Crippen molar-refractivity contribution in [1.82, 2.24) is 0 Å². The highest BCUT2D eigenvalue weighted by Crippen LogP contribution is 2.52. The van der Waals surface area contributed by atoms with Gasteiger partial charge in [-0.05, 0) is 28.3 Å².